The predicted molar refractivity (Wildman–Crippen MR) is 64.2 cm³/mol. The summed E-state index contributed by atoms with van der Waals surface area (Å²) in [6, 6.07) is 3.04. The molecular weight excluding hydrogens is 310 g/mol. The quantitative estimate of drug-likeness (QED) is 0.452. The molecule has 0 unspecified atom stereocenters. The molecule has 0 aliphatic rings. The van der Waals surface area contributed by atoms with Crippen LogP contribution in [-0.4, -0.2) is 11.1 Å². The molecule has 0 N–H and O–H groups in total. The van der Waals surface area contributed by atoms with Crippen LogP contribution in [0.3, 0.4) is 0 Å². The highest BCUT2D eigenvalue weighted by Crippen LogP contribution is 2.30. The molecule has 0 aliphatic carbocycles. The summed E-state index contributed by atoms with van der Waals surface area (Å²) in [6.45, 7) is 0. The Bertz CT molecular complexity index is 365. The molecule has 0 aromatic heterocycles. The van der Waals surface area contributed by atoms with Gasteiger partial charge in [-0.25, -0.2) is 0 Å². The lowest BCUT2D eigenvalue weighted by atomic mass is 10.1. The predicted octanol–water partition coefficient (Wildman–Crippen LogP) is 4.61. The maximum atomic E-state index is 11.5. The smallest absolute Gasteiger partial charge is 0.165 e. The number of Topliss-reactive ketones (excluding diaryl/α,β-unsaturated/α-hetero) is 1. The van der Waals surface area contributed by atoms with Crippen molar-refractivity contribution in [1.82, 2.24) is 0 Å². The highest BCUT2D eigenvalue weighted by Gasteiger charge is 2.13. The number of ketones is 1. The number of hydrogen-bond acceptors (Lipinski definition) is 1. The molecule has 0 radical (unpaired) electrons. The first-order chi connectivity index (χ1) is 6.56. The highest BCUT2D eigenvalue weighted by molar-refractivity contribution is 9.09. The summed E-state index contributed by atoms with van der Waals surface area (Å²) in [7, 11) is 0. The number of rotatable bonds is 3. The summed E-state index contributed by atoms with van der Waals surface area (Å²) in [5, 5.41) is 1.57. The third kappa shape index (κ3) is 2.86. The molecule has 0 atom stereocenters. The molecule has 1 aromatic rings. The third-order valence-electron chi connectivity index (χ3n) is 1.61. The summed E-state index contributed by atoms with van der Waals surface area (Å²) in [5.74, 6) is -0.0729. The minimum Gasteiger partial charge on any atom is -0.294 e. The molecule has 14 heavy (non-hydrogen) atoms. The van der Waals surface area contributed by atoms with Crippen molar-refractivity contribution < 1.29 is 4.79 Å². The maximum absolute atomic E-state index is 11.5. The molecule has 0 saturated heterocycles. The van der Waals surface area contributed by atoms with Crippen LogP contribution in [0.2, 0.25) is 15.1 Å². The van der Waals surface area contributed by atoms with Gasteiger partial charge in [0.25, 0.3) is 0 Å². The van der Waals surface area contributed by atoms with Gasteiger partial charge in [-0.3, -0.25) is 4.79 Å². The molecule has 76 valence electrons. The van der Waals surface area contributed by atoms with Gasteiger partial charge in [0.15, 0.2) is 5.78 Å². The average molecular weight is 316 g/mol. The topological polar surface area (TPSA) is 17.1 Å². The van der Waals surface area contributed by atoms with Crippen molar-refractivity contribution in [2.45, 2.75) is 6.42 Å². The van der Waals surface area contributed by atoms with E-state index in [1.165, 1.54) is 12.1 Å². The summed E-state index contributed by atoms with van der Waals surface area (Å²) < 4.78 is 0. The highest BCUT2D eigenvalue weighted by atomic mass is 79.9. The molecule has 1 aromatic carbocycles. The minimum atomic E-state index is -0.0729. The van der Waals surface area contributed by atoms with Crippen LogP contribution in [0.5, 0.6) is 0 Å². The van der Waals surface area contributed by atoms with Crippen LogP contribution in [0, 0.1) is 0 Å². The Kier molecular flexibility index (Phi) is 4.71. The Hall–Kier alpha value is 0.240. The monoisotopic (exact) mass is 314 g/mol. The lowest BCUT2D eigenvalue weighted by molar-refractivity contribution is 0.0990. The van der Waals surface area contributed by atoms with Gasteiger partial charge < -0.3 is 0 Å². The second kappa shape index (κ2) is 5.36. The van der Waals surface area contributed by atoms with E-state index in [9.17, 15) is 4.79 Å². The largest absolute Gasteiger partial charge is 0.294 e. The van der Waals surface area contributed by atoms with Crippen molar-refractivity contribution >= 4 is 56.5 Å². The van der Waals surface area contributed by atoms with E-state index in [0.717, 1.165) is 0 Å². The van der Waals surface area contributed by atoms with E-state index in [2.05, 4.69) is 15.9 Å². The Morgan fingerprint density at radius 1 is 1.29 bits per heavy atom. The average Bonchev–Trinajstić information content (AvgIpc) is 2.11. The molecule has 0 saturated carbocycles. The van der Waals surface area contributed by atoms with Crippen molar-refractivity contribution in [3.8, 4) is 0 Å². The normalized spacial score (nSPS) is 10.3. The van der Waals surface area contributed by atoms with Gasteiger partial charge in [-0.1, -0.05) is 50.7 Å². The van der Waals surface area contributed by atoms with Gasteiger partial charge >= 0.3 is 0 Å². The van der Waals surface area contributed by atoms with Gasteiger partial charge in [0, 0.05) is 22.3 Å². The molecule has 1 rings (SSSR count). The molecule has 0 amide bonds. The molecule has 0 spiro atoms. The first-order valence-electron chi connectivity index (χ1n) is 3.80. The van der Waals surface area contributed by atoms with Crippen molar-refractivity contribution in [3.05, 3.63) is 32.8 Å². The van der Waals surface area contributed by atoms with Crippen LogP contribution in [0.25, 0.3) is 0 Å². The summed E-state index contributed by atoms with van der Waals surface area (Å²) >= 11 is 20.6. The Morgan fingerprint density at radius 2 is 1.93 bits per heavy atom. The minimum absolute atomic E-state index is 0.0729. The van der Waals surface area contributed by atoms with E-state index < -0.39 is 0 Å². The van der Waals surface area contributed by atoms with Crippen molar-refractivity contribution in [2.24, 2.45) is 0 Å². The van der Waals surface area contributed by atoms with Crippen molar-refractivity contribution in [2.75, 3.05) is 5.33 Å². The zero-order valence-corrected chi connectivity index (χ0v) is 10.8. The molecular formula is C9H6BrCl3O. The summed E-state index contributed by atoms with van der Waals surface area (Å²) in [5.41, 5.74) is 0.378. The molecule has 5 heteroatoms. The van der Waals surface area contributed by atoms with Crippen molar-refractivity contribution in [3.63, 3.8) is 0 Å². The maximum Gasteiger partial charge on any atom is 0.165 e. The number of halogens is 4. The van der Waals surface area contributed by atoms with E-state index in [4.69, 9.17) is 34.8 Å². The Balaban J connectivity index is 3.13. The molecule has 0 heterocycles. The van der Waals surface area contributed by atoms with E-state index in [-0.39, 0.29) is 10.8 Å². The van der Waals surface area contributed by atoms with Crippen LogP contribution in [-0.2, 0) is 0 Å². The van der Waals surface area contributed by atoms with Gasteiger partial charge in [-0.2, -0.15) is 0 Å². The Morgan fingerprint density at radius 3 is 2.50 bits per heavy atom. The first kappa shape index (κ1) is 12.3. The van der Waals surface area contributed by atoms with Crippen LogP contribution in [0.15, 0.2) is 12.1 Å². The lowest BCUT2D eigenvalue weighted by Gasteiger charge is -2.04. The van der Waals surface area contributed by atoms with Crippen molar-refractivity contribution in [1.29, 1.82) is 0 Å². The fourth-order valence-corrected chi connectivity index (χ4v) is 2.05. The van der Waals surface area contributed by atoms with Crippen LogP contribution >= 0.6 is 50.7 Å². The van der Waals surface area contributed by atoms with Gasteiger partial charge in [-0.15, -0.1) is 0 Å². The van der Waals surface area contributed by atoms with Gasteiger partial charge in [0.2, 0.25) is 0 Å². The molecule has 0 aliphatic heterocycles. The lowest BCUT2D eigenvalue weighted by Crippen LogP contribution is -2.00. The third-order valence-corrected chi connectivity index (χ3v) is 3.03. The van der Waals surface area contributed by atoms with Gasteiger partial charge in [0.05, 0.1) is 10.0 Å². The van der Waals surface area contributed by atoms with E-state index in [0.29, 0.717) is 27.4 Å². The first-order valence-corrected chi connectivity index (χ1v) is 6.05. The standard InChI is InChI=1S/C9H6BrCl3O/c10-2-1-8(14)6-3-5(11)4-7(12)9(6)13/h3-4H,1-2H2. The SMILES string of the molecule is O=C(CCBr)c1cc(Cl)cc(Cl)c1Cl. The van der Waals surface area contributed by atoms with E-state index in [1.807, 2.05) is 0 Å². The van der Waals surface area contributed by atoms with Crippen LogP contribution in [0.1, 0.15) is 16.8 Å². The summed E-state index contributed by atoms with van der Waals surface area (Å²) in [6.07, 6.45) is 0.371. The van der Waals surface area contributed by atoms with Gasteiger partial charge in [0.1, 0.15) is 0 Å². The molecule has 0 bridgehead atoms. The fourth-order valence-electron chi connectivity index (χ4n) is 0.979. The van der Waals surface area contributed by atoms with E-state index >= 15 is 0 Å². The second-order valence-electron chi connectivity index (χ2n) is 2.61. The zero-order chi connectivity index (χ0) is 10.7. The van der Waals surface area contributed by atoms with E-state index in [1.54, 1.807) is 0 Å². The zero-order valence-electron chi connectivity index (χ0n) is 6.99. The number of carbonyl (C=O) groups excluding carboxylic acids is 1. The molecule has 1 nitrogen and oxygen atoms in total. The fraction of sp³-hybridized carbons (Fsp3) is 0.222. The number of hydrogen-bond donors (Lipinski definition) is 0. The van der Waals surface area contributed by atoms with Gasteiger partial charge in [-0.05, 0) is 12.1 Å². The second-order valence-corrected chi connectivity index (χ2v) is 4.63. The summed E-state index contributed by atoms with van der Waals surface area (Å²) in [4.78, 5) is 11.5. The number of benzene rings is 1. The number of alkyl halides is 1. The van der Waals surface area contributed by atoms with Crippen LogP contribution in [0.4, 0.5) is 0 Å². The number of carbonyl (C=O) groups is 1. The van der Waals surface area contributed by atoms with Crippen LogP contribution < -0.4 is 0 Å². The molecule has 0 fully saturated rings. The Labute approximate surface area is 105 Å².